The number of alkyl halides is 1. The van der Waals surface area contributed by atoms with E-state index in [1.807, 2.05) is 24.3 Å². The number of rotatable bonds is 8. The van der Waals surface area contributed by atoms with Gasteiger partial charge in [-0.3, -0.25) is 4.79 Å². The van der Waals surface area contributed by atoms with E-state index in [1.54, 1.807) is 0 Å². The number of carbonyl (C=O) groups is 1. The molecule has 100 valence electrons. The first kappa shape index (κ1) is 14.8. The zero-order chi connectivity index (χ0) is 13.4. The summed E-state index contributed by atoms with van der Waals surface area (Å²) in [5.41, 5.74) is 1.98. The van der Waals surface area contributed by atoms with Crippen LogP contribution in [0.2, 0.25) is 0 Å². The molecular formula is C13H18ClNO3. The van der Waals surface area contributed by atoms with Crippen LogP contribution in [0.1, 0.15) is 18.4 Å². The van der Waals surface area contributed by atoms with Crippen LogP contribution in [0.3, 0.4) is 0 Å². The van der Waals surface area contributed by atoms with Crippen LogP contribution < -0.4 is 5.32 Å². The molecule has 0 aliphatic rings. The van der Waals surface area contributed by atoms with Crippen LogP contribution in [-0.4, -0.2) is 34.7 Å². The van der Waals surface area contributed by atoms with Crippen molar-refractivity contribution >= 4 is 23.3 Å². The van der Waals surface area contributed by atoms with Crippen molar-refractivity contribution in [2.45, 2.75) is 25.4 Å². The van der Waals surface area contributed by atoms with Gasteiger partial charge in [0.05, 0.1) is 12.0 Å². The van der Waals surface area contributed by atoms with Gasteiger partial charge in [0.1, 0.15) is 0 Å². The minimum Gasteiger partial charge on any atom is -0.481 e. The molecule has 0 amide bonds. The van der Waals surface area contributed by atoms with Crippen LogP contribution in [-0.2, 0) is 11.2 Å². The Morgan fingerprint density at radius 1 is 1.39 bits per heavy atom. The van der Waals surface area contributed by atoms with Gasteiger partial charge in [-0.2, -0.15) is 0 Å². The maximum absolute atomic E-state index is 10.5. The van der Waals surface area contributed by atoms with Crippen LogP contribution in [0.4, 0.5) is 5.69 Å². The lowest BCUT2D eigenvalue weighted by molar-refractivity contribution is -0.137. The molecule has 1 unspecified atom stereocenters. The van der Waals surface area contributed by atoms with E-state index in [9.17, 15) is 9.90 Å². The average Bonchev–Trinajstić information content (AvgIpc) is 2.36. The molecule has 0 aromatic heterocycles. The van der Waals surface area contributed by atoms with E-state index < -0.39 is 12.1 Å². The van der Waals surface area contributed by atoms with Crippen molar-refractivity contribution in [1.82, 2.24) is 0 Å². The summed E-state index contributed by atoms with van der Waals surface area (Å²) in [7, 11) is 0. The zero-order valence-electron chi connectivity index (χ0n) is 10.1. The minimum atomic E-state index is -0.780. The number of hydrogen-bond donors (Lipinski definition) is 3. The number of para-hydroxylation sites is 1. The minimum absolute atomic E-state index is 0.165. The molecule has 1 atom stereocenters. The Morgan fingerprint density at radius 3 is 2.78 bits per heavy atom. The molecule has 0 aliphatic carbocycles. The molecule has 3 N–H and O–H groups in total. The van der Waals surface area contributed by atoms with Crippen molar-refractivity contribution in [1.29, 1.82) is 0 Å². The predicted molar refractivity (Wildman–Crippen MR) is 72.2 cm³/mol. The Hall–Kier alpha value is -1.26. The lowest BCUT2D eigenvalue weighted by Gasteiger charge is -2.13. The summed E-state index contributed by atoms with van der Waals surface area (Å²) in [5.74, 6) is -0.591. The third kappa shape index (κ3) is 5.38. The smallest absolute Gasteiger partial charge is 0.303 e. The first-order valence-electron chi connectivity index (χ1n) is 5.91. The number of halogens is 1. The topological polar surface area (TPSA) is 69.6 Å². The van der Waals surface area contributed by atoms with Crippen LogP contribution in [0.5, 0.6) is 0 Å². The largest absolute Gasteiger partial charge is 0.481 e. The second kappa shape index (κ2) is 7.95. The van der Waals surface area contributed by atoms with Crippen molar-refractivity contribution in [2.75, 3.05) is 17.7 Å². The zero-order valence-corrected chi connectivity index (χ0v) is 10.9. The number of aliphatic carboxylic acids is 1. The van der Waals surface area contributed by atoms with Gasteiger partial charge < -0.3 is 15.5 Å². The Morgan fingerprint density at radius 2 is 2.11 bits per heavy atom. The molecule has 1 rings (SSSR count). The Bertz CT molecular complexity index is 384. The Labute approximate surface area is 112 Å². The molecule has 0 aliphatic heterocycles. The van der Waals surface area contributed by atoms with Gasteiger partial charge in [-0.25, -0.2) is 0 Å². The SMILES string of the molecule is O=C(O)CCCc1ccccc1NCC(O)CCl. The normalized spacial score (nSPS) is 12.1. The molecular weight excluding hydrogens is 254 g/mol. The summed E-state index contributed by atoms with van der Waals surface area (Å²) >= 11 is 5.52. The highest BCUT2D eigenvalue weighted by Gasteiger charge is 2.05. The number of aliphatic hydroxyl groups excluding tert-OH is 1. The van der Waals surface area contributed by atoms with Gasteiger partial charge in [0.2, 0.25) is 0 Å². The number of anilines is 1. The van der Waals surface area contributed by atoms with Crippen molar-refractivity contribution < 1.29 is 15.0 Å². The number of benzene rings is 1. The monoisotopic (exact) mass is 271 g/mol. The molecule has 1 aromatic carbocycles. The van der Waals surface area contributed by atoms with Crippen molar-refractivity contribution in [3.8, 4) is 0 Å². The van der Waals surface area contributed by atoms with Gasteiger partial charge in [0.25, 0.3) is 0 Å². The number of aryl methyl sites for hydroxylation is 1. The third-order valence-corrected chi connectivity index (χ3v) is 2.92. The van der Waals surface area contributed by atoms with Crippen molar-refractivity contribution in [3.05, 3.63) is 29.8 Å². The Kier molecular flexibility index (Phi) is 6.54. The lowest BCUT2D eigenvalue weighted by Crippen LogP contribution is -2.21. The summed E-state index contributed by atoms with van der Waals surface area (Å²) < 4.78 is 0. The van der Waals surface area contributed by atoms with Gasteiger partial charge in [0.15, 0.2) is 0 Å². The highest BCUT2D eigenvalue weighted by molar-refractivity contribution is 6.18. The van der Waals surface area contributed by atoms with Gasteiger partial charge in [-0.1, -0.05) is 18.2 Å². The molecule has 0 saturated carbocycles. The number of carboxylic acids is 1. The molecule has 18 heavy (non-hydrogen) atoms. The third-order valence-electron chi connectivity index (χ3n) is 2.56. The molecule has 0 heterocycles. The first-order valence-corrected chi connectivity index (χ1v) is 6.44. The second-order valence-corrected chi connectivity index (χ2v) is 4.40. The van der Waals surface area contributed by atoms with E-state index in [0.29, 0.717) is 19.4 Å². The molecule has 0 spiro atoms. The summed E-state index contributed by atoms with van der Waals surface area (Å²) in [6, 6.07) is 7.68. The summed E-state index contributed by atoms with van der Waals surface area (Å²) in [4.78, 5) is 10.5. The molecule has 4 nitrogen and oxygen atoms in total. The van der Waals surface area contributed by atoms with E-state index in [-0.39, 0.29) is 12.3 Å². The summed E-state index contributed by atoms with van der Waals surface area (Å²) in [5, 5.41) is 21.1. The highest BCUT2D eigenvalue weighted by atomic mass is 35.5. The molecule has 0 fully saturated rings. The van der Waals surface area contributed by atoms with E-state index in [2.05, 4.69) is 5.32 Å². The summed E-state index contributed by atoms with van der Waals surface area (Å²) in [6.45, 7) is 0.388. The van der Waals surface area contributed by atoms with Crippen LogP contribution >= 0.6 is 11.6 Å². The van der Waals surface area contributed by atoms with Crippen molar-refractivity contribution in [3.63, 3.8) is 0 Å². The predicted octanol–water partition coefficient (Wildman–Crippen LogP) is 2.11. The lowest BCUT2D eigenvalue weighted by atomic mass is 10.1. The maximum atomic E-state index is 10.5. The van der Waals surface area contributed by atoms with Gasteiger partial charge in [-0.05, 0) is 24.5 Å². The fourth-order valence-electron chi connectivity index (χ4n) is 1.62. The average molecular weight is 272 g/mol. The summed E-state index contributed by atoms with van der Waals surface area (Å²) in [6.07, 6.45) is 0.885. The number of aliphatic hydroxyl groups is 1. The van der Waals surface area contributed by atoms with Crippen molar-refractivity contribution in [2.24, 2.45) is 0 Å². The first-order chi connectivity index (χ1) is 8.63. The van der Waals surface area contributed by atoms with E-state index in [1.165, 1.54) is 0 Å². The second-order valence-electron chi connectivity index (χ2n) is 4.09. The fraction of sp³-hybridized carbons (Fsp3) is 0.462. The van der Waals surface area contributed by atoms with Gasteiger partial charge >= 0.3 is 5.97 Å². The quantitative estimate of drug-likeness (QED) is 0.634. The molecule has 0 bridgehead atoms. The number of hydrogen-bond acceptors (Lipinski definition) is 3. The molecule has 5 heteroatoms. The van der Waals surface area contributed by atoms with Crippen LogP contribution in [0, 0.1) is 0 Å². The van der Waals surface area contributed by atoms with E-state index in [4.69, 9.17) is 16.7 Å². The fourth-order valence-corrected chi connectivity index (χ4v) is 1.73. The number of carboxylic acid groups (broad SMARTS) is 1. The van der Waals surface area contributed by atoms with Crippen LogP contribution in [0.25, 0.3) is 0 Å². The molecule has 1 aromatic rings. The van der Waals surface area contributed by atoms with Crippen LogP contribution in [0.15, 0.2) is 24.3 Å². The molecule has 0 saturated heterocycles. The molecule has 0 radical (unpaired) electrons. The maximum Gasteiger partial charge on any atom is 0.303 e. The number of nitrogens with one attached hydrogen (secondary N) is 1. The van der Waals surface area contributed by atoms with Gasteiger partial charge in [-0.15, -0.1) is 11.6 Å². The standard InChI is InChI=1S/C13H18ClNO3/c14-8-11(16)9-15-12-6-2-1-4-10(12)5-3-7-13(17)18/h1-2,4,6,11,15-16H,3,5,7-9H2,(H,17,18). The van der Waals surface area contributed by atoms with E-state index in [0.717, 1.165) is 11.3 Å². The van der Waals surface area contributed by atoms with E-state index >= 15 is 0 Å². The van der Waals surface area contributed by atoms with Gasteiger partial charge in [0, 0.05) is 18.7 Å². The Balaban J connectivity index is 2.53. The highest BCUT2D eigenvalue weighted by Crippen LogP contribution is 2.17.